The van der Waals surface area contributed by atoms with E-state index in [1.165, 1.54) is 0 Å². The van der Waals surface area contributed by atoms with Gasteiger partial charge in [0.15, 0.2) is 9.84 Å². The lowest BCUT2D eigenvalue weighted by Gasteiger charge is -2.24. The van der Waals surface area contributed by atoms with Gasteiger partial charge in [-0.2, -0.15) is 0 Å². The van der Waals surface area contributed by atoms with E-state index in [0.29, 0.717) is 26.0 Å². The summed E-state index contributed by atoms with van der Waals surface area (Å²) in [5.41, 5.74) is 1.05. The summed E-state index contributed by atoms with van der Waals surface area (Å²) in [5.74, 6) is 1.09. The molecule has 0 aromatic heterocycles. The maximum absolute atomic E-state index is 12.2. The zero-order valence-electron chi connectivity index (χ0n) is 11.7. The van der Waals surface area contributed by atoms with Gasteiger partial charge < -0.3 is 10.1 Å². The number of carbonyl (C=O) groups excluding carboxylic acids is 1. The van der Waals surface area contributed by atoms with Crippen LogP contribution in [0.1, 0.15) is 12.0 Å². The van der Waals surface area contributed by atoms with Crippen molar-refractivity contribution in [1.82, 2.24) is 5.32 Å². The van der Waals surface area contributed by atoms with Crippen molar-refractivity contribution in [1.29, 1.82) is 0 Å². The molecule has 0 radical (unpaired) electrons. The standard InChI is InChI=1S/C15H19NO4S/c17-15(16-8-11-5-6-21(18,19)10-11)13-7-12-3-1-2-4-14(12)20-9-13/h1-4,11,13H,5-10H2,(H,16,17)/t11-,13+/m1/s1. The Morgan fingerprint density at radius 1 is 1.33 bits per heavy atom. The third-order valence-corrected chi connectivity index (χ3v) is 5.98. The van der Waals surface area contributed by atoms with Gasteiger partial charge >= 0.3 is 0 Å². The largest absolute Gasteiger partial charge is 0.492 e. The van der Waals surface area contributed by atoms with Gasteiger partial charge in [0, 0.05) is 6.54 Å². The number of benzene rings is 1. The maximum Gasteiger partial charge on any atom is 0.226 e. The lowest BCUT2D eigenvalue weighted by atomic mass is 9.96. The van der Waals surface area contributed by atoms with Crippen LogP contribution in [0.5, 0.6) is 5.75 Å². The van der Waals surface area contributed by atoms with Crippen LogP contribution in [0.15, 0.2) is 24.3 Å². The number of fused-ring (bicyclic) bond motifs is 1. The molecule has 1 fully saturated rings. The fourth-order valence-electron chi connectivity index (χ4n) is 2.92. The molecule has 3 rings (SSSR count). The van der Waals surface area contributed by atoms with Crippen LogP contribution >= 0.6 is 0 Å². The highest BCUT2D eigenvalue weighted by molar-refractivity contribution is 7.91. The van der Waals surface area contributed by atoms with Gasteiger partial charge in [0.2, 0.25) is 5.91 Å². The van der Waals surface area contributed by atoms with Gasteiger partial charge in [-0.3, -0.25) is 4.79 Å². The Kier molecular flexibility index (Phi) is 3.89. The van der Waals surface area contributed by atoms with E-state index in [2.05, 4.69) is 5.32 Å². The fourth-order valence-corrected chi connectivity index (χ4v) is 4.78. The highest BCUT2D eigenvalue weighted by Gasteiger charge is 2.30. The molecule has 5 nitrogen and oxygen atoms in total. The van der Waals surface area contributed by atoms with Crippen LogP contribution in [0, 0.1) is 11.8 Å². The van der Waals surface area contributed by atoms with E-state index in [9.17, 15) is 13.2 Å². The number of carbonyl (C=O) groups is 1. The predicted molar refractivity (Wildman–Crippen MR) is 78.9 cm³/mol. The van der Waals surface area contributed by atoms with E-state index in [0.717, 1.165) is 11.3 Å². The van der Waals surface area contributed by atoms with Gasteiger partial charge in [0.1, 0.15) is 12.4 Å². The van der Waals surface area contributed by atoms with Gasteiger partial charge in [0.25, 0.3) is 0 Å². The molecule has 1 N–H and O–H groups in total. The molecule has 114 valence electrons. The zero-order valence-corrected chi connectivity index (χ0v) is 12.6. The maximum atomic E-state index is 12.2. The first-order valence-corrected chi connectivity index (χ1v) is 9.04. The number of ether oxygens (including phenoxy) is 1. The van der Waals surface area contributed by atoms with E-state index in [1.54, 1.807) is 0 Å². The second-order valence-electron chi connectivity index (χ2n) is 5.83. The minimum atomic E-state index is -2.88. The van der Waals surface area contributed by atoms with Crippen molar-refractivity contribution in [2.45, 2.75) is 12.8 Å². The zero-order chi connectivity index (χ0) is 14.9. The average Bonchev–Trinajstić information content (AvgIpc) is 2.83. The van der Waals surface area contributed by atoms with Crippen molar-refractivity contribution in [3.63, 3.8) is 0 Å². The minimum Gasteiger partial charge on any atom is -0.492 e. The molecule has 1 amide bonds. The molecule has 0 bridgehead atoms. The number of sulfone groups is 1. The van der Waals surface area contributed by atoms with Crippen molar-refractivity contribution < 1.29 is 17.9 Å². The number of nitrogens with one attached hydrogen (secondary N) is 1. The molecule has 0 aliphatic carbocycles. The van der Waals surface area contributed by atoms with E-state index in [-0.39, 0.29) is 29.2 Å². The van der Waals surface area contributed by atoms with Gasteiger partial charge in [-0.05, 0) is 30.4 Å². The quantitative estimate of drug-likeness (QED) is 0.896. The monoisotopic (exact) mass is 309 g/mol. The van der Waals surface area contributed by atoms with Crippen molar-refractivity contribution >= 4 is 15.7 Å². The third-order valence-electron chi connectivity index (χ3n) is 4.14. The van der Waals surface area contributed by atoms with E-state index in [1.807, 2.05) is 24.3 Å². The van der Waals surface area contributed by atoms with Gasteiger partial charge in [-0.1, -0.05) is 18.2 Å². The summed E-state index contributed by atoms with van der Waals surface area (Å²) in [5, 5.41) is 2.88. The SMILES string of the molecule is O=C(NC[C@H]1CCS(=O)(=O)C1)[C@@H]1COc2ccccc2C1. The first kappa shape index (κ1) is 14.4. The predicted octanol–water partition coefficient (Wildman–Crippen LogP) is 0.789. The van der Waals surface area contributed by atoms with Crippen molar-refractivity contribution in [2.75, 3.05) is 24.7 Å². The molecule has 1 saturated heterocycles. The molecule has 2 aliphatic heterocycles. The molecule has 0 unspecified atom stereocenters. The lowest BCUT2D eigenvalue weighted by Crippen LogP contribution is -2.39. The summed E-state index contributed by atoms with van der Waals surface area (Å²) in [7, 11) is -2.88. The fraction of sp³-hybridized carbons (Fsp3) is 0.533. The number of rotatable bonds is 3. The molecule has 1 aromatic carbocycles. The Morgan fingerprint density at radius 2 is 2.14 bits per heavy atom. The van der Waals surface area contributed by atoms with Crippen LogP contribution in [-0.2, 0) is 21.1 Å². The van der Waals surface area contributed by atoms with E-state index in [4.69, 9.17) is 4.74 Å². The number of para-hydroxylation sites is 1. The lowest BCUT2D eigenvalue weighted by molar-refractivity contribution is -0.126. The molecule has 0 saturated carbocycles. The topological polar surface area (TPSA) is 72.5 Å². The van der Waals surface area contributed by atoms with Crippen LogP contribution < -0.4 is 10.1 Å². The summed E-state index contributed by atoms with van der Waals surface area (Å²) < 4.78 is 28.4. The number of hydrogen-bond donors (Lipinski definition) is 1. The molecular formula is C15H19NO4S. The molecule has 2 atom stereocenters. The number of hydrogen-bond acceptors (Lipinski definition) is 4. The summed E-state index contributed by atoms with van der Waals surface area (Å²) in [6.45, 7) is 0.821. The molecule has 0 spiro atoms. The Morgan fingerprint density at radius 3 is 2.90 bits per heavy atom. The first-order chi connectivity index (χ1) is 10.0. The Labute approximate surface area is 124 Å². The van der Waals surface area contributed by atoms with Crippen LogP contribution in [0.25, 0.3) is 0 Å². The molecule has 1 aromatic rings. The summed E-state index contributed by atoms with van der Waals surface area (Å²) >= 11 is 0. The van der Waals surface area contributed by atoms with Gasteiger partial charge in [0.05, 0.1) is 17.4 Å². The van der Waals surface area contributed by atoms with Gasteiger partial charge in [-0.25, -0.2) is 8.42 Å². The van der Waals surface area contributed by atoms with Crippen LogP contribution in [0.4, 0.5) is 0 Å². The minimum absolute atomic E-state index is 0.0474. The Bertz CT molecular complexity index is 641. The van der Waals surface area contributed by atoms with Crippen LogP contribution in [-0.4, -0.2) is 39.0 Å². The second kappa shape index (κ2) is 5.67. The second-order valence-corrected chi connectivity index (χ2v) is 8.06. The highest BCUT2D eigenvalue weighted by atomic mass is 32.2. The van der Waals surface area contributed by atoms with Crippen LogP contribution in [0.2, 0.25) is 0 Å². The normalized spacial score (nSPS) is 26.7. The molecule has 2 heterocycles. The third kappa shape index (κ3) is 3.37. The van der Waals surface area contributed by atoms with Crippen molar-refractivity contribution in [2.24, 2.45) is 11.8 Å². The molecule has 21 heavy (non-hydrogen) atoms. The molecule has 6 heteroatoms. The van der Waals surface area contributed by atoms with Crippen LogP contribution in [0.3, 0.4) is 0 Å². The molecule has 2 aliphatic rings. The molecular weight excluding hydrogens is 290 g/mol. The highest BCUT2D eigenvalue weighted by Crippen LogP contribution is 2.27. The smallest absolute Gasteiger partial charge is 0.226 e. The Hall–Kier alpha value is -1.56. The van der Waals surface area contributed by atoms with Crippen molar-refractivity contribution in [3.05, 3.63) is 29.8 Å². The first-order valence-electron chi connectivity index (χ1n) is 7.22. The van der Waals surface area contributed by atoms with Crippen molar-refractivity contribution in [3.8, 4) is 5.75 Å². The number of amides is 1. The van der Waals surface area contributed by atoms with Gasteiger partial charge in [-0.15, -0.1) is 0 Å². The summed E-state index contributed by atoms with van der Waals surface area (Å²) in [6, 6.07) is 7.73. The van der Waals surface area contributed by atoms with E-state index < -0.39 is 9.84 Å². The summed E-state index contributed by atoms with van der Waals surface area (Å²) in [4.78, 5) is 12.2. The van der Waals surface area contributed by atoms with E-state index >= 15 is 0 Å². The summed E-state index contributed by atoms with van der Waals surface area (Å²) in [6.07, 6.45) is 1.32. The average molecular weight is 309 g/mol. The Balaban J connectivity index is 1.53.